The van der Waals surface area contributed by atoms with Crippen LogP contribution in [0.2, 0.25) is 0 Å². The molecule has 4 saturated carbocycles. The van der Waals surface area contributed by atoms with Crippen LogP contribution in [0.3, 0.4) is 0 Å². The lowest BCUT2D eigenvalue weighted by molar-refractivity contribution is -0.146. The Morgan fingerprint density at radius 1 is 1.24 bits per heavy atom. The molecule has 25 heavy (non-hydrogen) atoms. The Morgan fingerprint density at radius 3 is 2.48 bits per heavy atom. The minimum absolute atomic E-state index is 0.0974. The maximum absolute atomic E-state index is 12.9. The second-order valence-corrected chi connectivity index (χ2v) is 8.17. The number of aromatic nitrogens is 2. The number of carbonyl (C=O) groups excluding carboxylic acids is 2. The summed E-state index contributed by atoms with van der Waals surface area (Å²) in [5, 5.41) is 3.15. The summed E-state index contributed by atoms with van der Waals surface area (Å²) in [6.07, 6.45) is 10.6. The highest BCUT2D eigenvalue weighted by molar-refractivity contribution is 5.86. The molecule has 0 atom stereocenters. The predicted molar refractivity (Wildman–Crippen MR) is 91.8 cm³/mol. The third kappa shape index (κ3) is 3.18. The van der Waals surface area contributed by atoms with E-state index in [1.54, 1.807) is 19.4 Å². The van der Waals surface area contributed by atoms with Gasteiger partial charge in [-0.15, -0.1) is 0 Å². The minimum Gasteiger partial charge on any atom is -0.461 e. The summed E-state index contributed by atoms with van der Waals surface area (Å²) in [4.78, 5) is 28.6. The minimum atomic E-state index is -0.404. The van der Waals surface area contributed by atoms with Crippen LogP contribution >= 0.6 is 0 Å². The summed E-state index contributed by atoms with van der Waals surface area (Å²) in [7, 11) is 0. The van der Waals surface area contributed by atoms with Crippen molar-refractivity contribution in [2.45, 2.75) is 52.0 Å². The lowest BCUT2D eigenvalue weighted by Crippen LogP contribution is -2.53. The van der Waals surface area contributed by atoms with Gasteiger partial charge in [0.2, 0.25) is 5.91 Å². The van der Waals surface area contributed by atoms with E-state index in [-0.39, 0.29) is 11.3 Å². The number of hydrogen-bond acceptors (Lipinski definition) is 4. The predicted octanol–water partition coefficient (Wildman–Crippen LogP) is 2.39. The zero-order valence-corrected chi connectivity index (χ0v) is 14.9. The molecule has 136 valence electrons. The molecular formula is C19H27N3O3. The SMILES string of the molecule is CCOC(=O)c1cn(CCNC(=O)C23CC4CC(CC(C4)C2)C3)cn1. The van der Waals surface area contributed by atoms with Crippen LogP contribution in [-0.4, -0.2) is 34.6 Å². The lowest BCUT2D eigenvalue weighted by atomic mass is 9.49. The van der Waals surface area contributed by atoms with Crippen LogP contribution in [0, 0.1) is 23.2 Å². The van der Waals surface area contributed by atoms with E-state index in [1.165, 1.54) is 19.3 Å². The molecule has 4 fully saturated rings. The highest BCUT2D eigenvalue weighted by Crippen LogP contribution is 2.60. The molecule has 0 unspecified atom stereocenters. The average Bonchev–Trinajstić information content (AvgIpc) is 3.03. The molecule has 1 aromatic rings. The molecule has 5 rings (SSSR count). The van der Waals surface area contributed by atoms with Crippen molar-refractivity contribution >= 4 is 11.9 Å². The van der Waals surface area contributed by atoms with Crippen molar-refractivity contribution in [1.29, 1.82) is 0 Å². The van der Waals surface area contributed by atoms with Crippen LogP contribution in [0.4, 0.5) is 0 Å². The summed E-state index contributed by atoms with van der Waals surface area (Å²) in [5.41, 5.74) is 0.217. The second kappa shape index (κ2) is 6.46. The van der Waals surface area contributed by atoms with Crippen molar-refractivity contribution in [3.63, 3.8) is 0 Å². The van der Waals surface area contributed by atoms with E-state index in [2.05, 4.69) is 10.3 Å². The summed E-state index contributed by atoms with van der Waals surface area (Å²) >= 11 is 0. The van der Waals surface area contributed by atoms with Crippen LogP contribution in [0.5, 0.6) is 0 Å². The van der Waals surface area contributed by atoms with Gasteiger partial charge in [-0.3, -0.25) is 4.79 Å². The third-order valence-electron chi connectivity index (χ3n) is 6.29. The number of nitrogens with zero attached hydrogens (tertiary/aromatic N) is 2. The maximum atomic E-state index is 12.9. The van der Waals surface area contributed by atoms with Crippen molar-refractivity contribution in [3.05, 3.63) is 18.2 Å². The number of amides is 1. The van der Waals surface area contributed by atoms with Gasteiger partial charge in [-0.2, -0.15) is 0 Å². The van der Waals surface area contributed by atoms with Gasteiger partial charge in [-0.1, -0.05) is 0 Å². The molecule has 4 bridgehead atoms. The molecule has 1 N–H and O–H groups in total. The number of carbonyl (C=O) groups is 2. The molecule has 4 aliphatic carbocycles. The molecule has 0 radical (unpaired) electrons. The first kappa shape index (κ1) is 16.6. The molecule has 4 aliphatic rings. The fourth-order valence-electron chi connectivity index (χ4n) is 5.67. The fraction of sp³-hybridized carbons (Fsp3) is 0.737. The Labute approximate surface area is 148 Å². The summed E-state index contributed by atoms with van der Waals surface area (Å²) in [6.45, 7) is 3.30. The summed E-state index contributed by atoms with van der Waals surface area (Å²) in [6, 6.07) is 0. The molecule has 0 aliphatic heterocycles. The first-order chi connectivity index (χ1) is 12.1. The van der Waals surface area contributed by atoms with Gasteiger partial charge in [0.25, 0.3) is 0 Å². The van der Waals surface area contributed by atoms with Crippen LogP contribution < -0.4 is 5.32 Å². The quantitative estimate of drug-likeness (QED) is 0.804. The highest BCUT2D eigenvalue weighted by atomic mass is 16.5. The normalized spacial score (nSPS) is 32.6. The number of imidazole rings is 1. The Morgan fingerprint density at radius 2 is 1.88 bits per heavy atom. The number of nitrogens with one attached hydrogen (secondary N) is 1. The van der Waals surface area contributed by atoms with Crippen LogP contribution in [0.25, 0.3) is 0 Å². The van der Waals surface area contributed by atoms with Crippen LogP contribution in [-0.2, 0) is 16.1 Å². The monoisotopic (exact) mass is 345 g/mol. The molecular weight excluding hydrogens is 318 g/mol. The first-order valence-electron chi connectivity index (χ1n) is 9.55. The molecule has 0 aromatic carbocycles. The van der Waals surface area contributed by atoms with E-state index in [0.29, 0.717) is 25.4 Å². The number of esters is 1. The standard InChI is InChI=1S/C19H27N3O3/c1-2-25-17(23)16-11-22(12-21-16)4-3-20-18(24)19-8-13-5-14(9-19)7-15(6-13)10-19/h11-15H,2-10H2,1H3,(H,20,24). The molecule has 1 heterocycles. The number of hydrogen-bond donors (Lipinski definition) is 1. The molecule has 0 saturated heterocycles. The van der Waals surface area contributed by atoms with Crippen LogP contribution in [0.15, 0.2) is 12.5 Å². The van der Waals surface area contributed by atoms with Crippen molar-refractivity contribution in [1.82, 2.24) is 14.9 Å². The van der Waals surface area contributed by atoms with Gasteiger partial charge in [0.15, 0.2) is 5.69 Å². The average molecular weight is 345 g/mol. The first-order valence-corrected chi connectivity index (χ1v) is 9.55. The second-order valence-electron chi connectivity index (χ2n) is 8.17. The Hall–Kier alpha value is -1.85. The Kier molecular flexibility index (Phi) is 4.29. The topological polar surface area (TPSA) is 73.2 Å². The molecule has 1 amide bonds. The van der Waals surface area contributed by atoms with E-state index in [1.807, 2.05) is 4.57 Å². The van der Waals surface area contributed by atoms with E-state index >= 15 is 0 Å². The zero-order valence-electron chi connectivity index (χ0n) is 14.9. The van der Waals surface area contributed by atoms with Gasteiger partial charge in [0.1, 0.15) is 0 Å². The van der Waals surface area contributed by atoms with Crippen molar-refractivity contribution < 1.29 is 14.3 Å². The highest BCUT2D eigenvalue weighted by Gasteiger charge is 2.54. The lowest BCUT2D eigenvalue weighted by Gasteiger charge is -2.55. The van der Waals surface area contributed by atoms with Crippen LogP contribution in [0.1, 0.15) is 55.9 Å². The van der Waals surface area contributed by atoms with Gasteiger partial charge >= 0.3 is 5.97 Å². The van der Waals surface area contributed by atoms with Gasteiger partial charge in [0.05, 0.1) is 12.9 Å². The molecule has 6 heteroatoms. The largest absolute Gasteiger partial charge is 0.461 e. The van der Waals surface area contributed by atoms with Gasteiger partial charge < -0.3 is 14.6 Å². The third-order valence-corrected chi connectivity index (χ3v) is 6.29. The van der Waals surface area contributed by atoms with Gasteiger partial charge in [-0.05, 0) is 63.2 Å². The number of ether oxygens (including phenoxy) is 1. The maximum Gasteiger partial charge on any atom is 0.358 e. The Balaban J connectivity index is 1.30. The van der Waals surface area contributed by atoms with E-state index < -0.39 is 5.97 Å². The molecule has 6 nitrogen and oxygen atoms in total. The van der Waals surface area contributed by atoms with Crippen molar-refractivity contribution in [2.24, 2.45) is 23.2 Å². The fourth-order valence-corrected chi connectivity index (χ4v) is 5.67. The van der Waals surface area contributed by atoms with E-state index in [4.69, 9.17) is 4.74 Å². The smallest absolute Gasteiger partial charge is 0.358 e. The molecule has 0 spiro atoms. The molecule has 1 aromatic heterocycles. The summed E-state index contributed by atoms with van der Waals surface area (Å²) < 4.78 is 6.76. The zero-order chi connectivity index (χ0) is 17.4. The Bertz CT molecular complexity index is 631. The van der Waals surface area contributed by atoms with Gasteiger partial charge in [-0.25, -0.2) is 9.78 Å². The van der Waals surface area contributed by atoms with E-state index in [9.17, 15) is 9.59 Å². The van der Waals surface area contributed by atoms with E-state index in [0.717, 1.165) is 37.0 Å². The number of rotatable bonds is 6. The van der Waals surface area contributed by atoms with Crippen molar-refractivity contribution in [2.75, 3.05) is 13.2 Å². The summed E-state index contributed by atoms with van der Waals surface area (Å²) in [5.74, 6) is 2.17. The van der Waals surface area contributed by atoms with Gasteiger partial charge in [0, 0.05) is 24.7 Å². The van der Waals surface area contributed by atoms with Crippen molar-refractivity contribution in [3.8, 4) is 0 Å².